The summed E-state index contributed by atoms with van der Waals surface area (Å²) in [5.41, 5.74) is 2.05. The first-order valence-corrected chi connectivity index (χ1v) is 12.6. The normalized spacial score (nSPS) is 18.0. The van der Waals surface area contributed by atoms with Crippen LogP contribution in [0.1, 0.15) is 66.3 Å². The molecule has 7 nitrogen and oxygen atoms in total. The molecule has 0 atom stereocenters. The number of nitrogens with zero attached hydrogens (tertiary/aromatic N) is 2. The van der Waals surface area contributed by atoms with Crippen LogP contribution in [0.4, 0.5) is 0 Å². The minimum Gasteiger partial charge on any atom is -0.486 e. The van der Waals surface area contributed by atoms with Gasteiger partial charge in [0, 0.05) is 38.0 Å². The van der Waals surface area contributed by atoms with Crippen LogP contribution >= 0.6 is 0 Å². The van der Waals surface area contributed by atoms with E-state index in [2.05, 4.69) is 0 Å². The average molecular weight is 495 g/mol. The van der Waals surface area contributed by atoms with Gasteiger partial charge in [-0.1, -0.05) is 42.5 Å². The maximum atomic E-state index is 13.3. The van der Waals surface area contributed by atoms with Crippen LogP contribution in [0, 0.1) is 0 Å². The quantitative estimate of drug-likeness (QED) is 0.509. The lowest BCUT2D eigenvalue weighted by molar-refractivity contribution is -0.00572. The Balaban J connectivity index is 1.13. The summed E-state index contributed by atoms with van der Waals surface area (Å²) in [5.74, 6) is -0.203. The summed E-state index contributed by atoms with van der Waals surface area (Å²) >= 11 is 0. The van der Waals surface area contributed by atoms with Crippen molar-refractivity contribution in [3.8, 4) is 5.75 Å². The van der Waals surface area contributed by atoms with E-state index in [1.807, 2.05) is 48.5 Å². The van der Waals surface area contributed by atoms with Crippen LogP contribution in [0.3, 0.4) is 0 Å². The van der Waals surface area contributed by atoms with E-state index in [9.17, 15) is 19.2 Å². The van der Waals surface area contributed by atoms with Crippen LogP contribution in [-0.4, -0.2) is 58.5 Å². The molecule has 3 aliphatic rings. The fourth-order valence-electron chi connectivity index (χ4n) is 5.53. The largest absolute Gasteiger partial charge is 0.486 e. The average Bonchev–Trinajstić information content (AvgIpc) is 3.16. The predicted molar refractivity (Wildman–Crippen MR) is 136 cm³/mol. The molecule has 1 saturated heterocycles. The maximum absolute atomic E-state index is 13.3. The van der Waals surface area contributed by atoms with Gasteiger partial charge < -0.3 is 9.64 Å². The monoisotopic (exact) mass is 494 g/mol. The molecular formula is C30H26N2O5. The van der Waals surface area contributed by atoms with Gasteiger partial charge in [0.2, 0.25) is 0 Å². The molecule has 3 heterocycles. The number of amides is 3. The number of benzene rings is 3. The molecule has 7 heteroatoms. The Bertz CT molecular complexity index is 1420. The van der Waals surface area contributed by atoms with E-state index >= 15 is 0 Å². The number of likely N-dealkylation sites (tertiary alicyclic amines) is 1. The highest BCUT2D eigenvalue weighted by molar-refractivity contribution is 6.22. The molecule has 37 heavy (non-hydrogen) atoms. The molecule has 3 aliphatic heterocycles. The van der Waals surface area contributed by atoms with E-state index in [-0.39, 0.29) is 35.6 Å². The van der Waals surface area contributed by atoms with Gasteiger partial charge in [0.05, 0.1) is 23.1 Å². The summed E-state index contributed by atoms with van der Waals surface area (Å²) in [6.45, 7) is 1.18. The summed E-state index contributed by atoms with van der Waals surface area (Å²) in [7, 11) is 0. The topological polar surface area (TPSA) is 84.0 Å². The van der Waals surface area contributed by atoms with E-state index in [4.69, 9.17) is 4.74 Å². The van der Waals surface area contributed by atoms with Crippen LogP contribution in [0.25, 0.3) is 0 Å². The lowest BCUT2D eigenvalue weighted by atomic mass is 9.82. The molecule has 0 unspecified atom stereocenters. The lowest BCUT2D eigenvalue weighted by Crippen LogP contribution is -2.52. The fourth-order valence-corrected chi connectivity index (χ4v) is 5.53. The van der Waals surface area contributed by atoms with Crippen molar-refractivity contribution in [1.29, 1.82) is 0 Å². The van der Waals surface area contributed by atoms with Gasteiger partial charge in [-0.3, -0.25) is 24.1 Å². The zero-order valence-corrected chi connectivity index (χ0v) is 20.3. The number of imide groups is 1. The summed E-state index contributed by atoms with van der Waals surface area (Å²) in [4.78, 5) is 54.9. The second-order valence-electron chi connectivity index (χ2n) is 9.93. The van der Waals surface area contributed by atoms with Crippen LogP contribution in [0.15, 0.2) is 72.8 Å². The number of rotatable bonds is 4. The van der Waals surface area contributed by atoms with E-state index in [0.717, 1.165) is 5.56 Å². The highest BCUT2D eigenvalue weighted by atomic mass is 16.5. The number of hydrogen-bond acceptors (Lipinski definition) is 5. The van der Waals surface area contributed by atoms with Gasteiger partial charge in [-0.2, -0.15) is 0 Å². The molecule has 0 radical (unpaired) electrons. The van der Waals surface area contributed by atoms with Crippen molar-refractivity contribution >= 4 is 23.5 Å². The molecule has 1 fully saturated rings. The molecule has 3 aromatic rings. The zero-order valence-electron chi connectivity index (χ0n) is 20.3. The number of ether oxygens (including phenoxy) is 1. The van der Waals surface area contributed by atoms with Crippen molar-refractivity contribution in [3.05, 3.63) is 101 Å². The van der Waals surface area contributed by atoms with E-state index < -0.39 is 5.60 Å². The zero-order chi connectivity index (χ0) is 25.6. The second-order valence-corrected chi connectivity index (χ2v) is 9.93. The Morgan fingerprint density at radius 2 is 1.51 bits per heavy atom. The molecule has 0 N–H and O–H groups in total. The first kappa shape index (κ1) is 23.2. The number of carbonyl (C=O) groups excluding carboxylic acids is 4. The smallest absolute Gasteiger partial charge is 0.261 e. The number of ketones is 1. The van der Waals surface area contributed by atoms with Crippen LogP contribution in [-0.2, 0) is 6.42 Å². The van der Waals surface area contributed by atoms with Gasteiger partial charge >= 0.3 is 0 Å². The predicted octanol–water partition coefficient (Wildman–Crippen LogP) is 4.17. The Kier molecular flexibility index (Phi) is 5.63. The number of Topliss-reactive ketones (excluding diaryl/α,β-unsaturated/α-hetero) is 1. The summed E-state index contributed by atoms with van der Waals surface area (Å²) in [6, 6.07) is 21.7. The number of carbonyl (C=O) groups is 4. The molecular weight excluding hydrogens is 468 g/mol. The summed E-state index contributed by atoms with van der Waals surface area (Å²) < 4.78 is 6.27. The second kappa shape index (κ2) is 9.00. The van der Waals surface area contributed by atoms with Crippen LogP contribution in [0.5, 0.6) is 5.75 Å². The molecule has 0 bridgehead atoms. The number of hydrogen-bond donors (Lipinski definition) is 0. The Morgan fingerprint density at radius 1 is 0.811 bits per heavy atom. The van der Waals surface area contributed by atoms with Gasteiger partial charge in [0.1, 0.15) is 11.4 Å². The van der Waals surface area contributed by atoms with Crippen LogP contribution in [0.2, 0.25) is 0 Å². The molecule has 6 rings (SSSR count). The van der Waals surface area contributed by atoms with E-state index in [1.54, 1.807) is 29.2 Å². The Morgan fingerprint density at radius 3 is 2.30 bits per heavy atom. The van der Waals surface area contributed by atoms with Crippen molar-refractivity contribution in [1.82, 2.24) is 9.80 Å². The van der Waals surface area contributed by atoms with Gasteiger partial charge in [0.15, 0.2) is 5.78 Å². The first-order valence-electron chi connectivity index (χ1n) is 12.6. The Hall–Kier alpha value is -4.26. The molecule has 3 amide bonds. The van der Waals surface area contributed by atoms with Gasteiger partial charge in [0.25, 0.3) is 17.7 Å². The number of piperidine rings is 1. The SMILES string of the molecule is O=C1CC2(CCN(C(=O)c3ccc4c(c3)C(=O)N(CCc3ccccc3)C4=O)CC2)Oc2ccccc21. The summed E-state index contributed by atoms with van der Waals surface area (Å²) in [5, 5.41) is 0. The van der Waals surface area contributed by atoms with Crippen molar-refractivity contribution in [2.24, 2.45) is 0 Å². The minimum atomic E-state index is -0.595. The minimum absolute atomic E-state index is 0.0697. The van der Waals surface area contributed by atoms with E-state index in [1.165, 1.54) is 4.90 Å². The van der Waals surface area contributed by atoms with Gasteiger partial charge in [-0.25, -0.2) is 0 Å². The van der Waals surface area contributed by atoms with Gasteiger partial charge in [-0.05, 0) is 42.3 Å². The van der Waals surface area contributed by atoms with Gasteiger partial charge in [-0.15, -0.1) is 0 Å². The third-order valence-electron chi connectivity index (χ3n) is 7.64. The number of para-hydroxylation sites is 1. The lowest BCUT2D eigenvalue weighted by Gasteiger charge is -2.44. The molecule has 3 aromatic carbocycles. The molecule has 0 saturated carbocycles. The standard InChI is InChI=1S/C30H26N2O5/c33-25-19-30(37-26-9-5-4-8-23(25)26)13-16-31(17-14-30)27(34)21-10-11-22-24(18-21)29(36)32(28(22)35)15-12-20-6-2-1-3-7-20/h1-11,18H,12-17,19H2. The van der Waals surface area contributed by atoms with Crippen LogP contribution < -0.4 is 4.74 Å². The molecule has 0 aliphatic carbocycles. The van der Waals surface area contributed by atoms with Crippen molar-refractivity contribution in [3.63, 3.8) is 0 Å². The fraction of sp³-hybridized carbons (Fsp3) is 0.267. The van der Waals surface area contributed by atoms with E-state index in [0.29, 0.717) is 61.2 Å². The first-order chi connectivity index (χ1) is 17.9. The third-order valence-corrected chi connectivity index (χ3v) is 7.64. The van der Waals surface area contributed by atoms with Crippen molar-refractivity contribution in [2.75, 3.05) is 19.6 Å². The number of fused-ring (bicyclic) bond motifs is 2. The third kappa shape index (κ3) is 4.10. The van der Waals surface area contributed by atoms with Crippen molar-refractivity contribution in [2.45, 2.75) is 31.3 Å². The molecule has 1 spiro atoms. The molecule has 0 aromatic heterocycles. The molecule has 186 valence electrons. The van der Waals surface area contributed by atoms with Crippen molar-refractivity contribution < 1.29 is 23.9 Å². The highest BCUT2D eigenvalue weighted by Crippen LogP contribution is 2.39. The Labute approximate surface area is 214 Å². The highest BCUT2D eigenvalue weighted by Gasteiger charge is 2.44. The summed E-state index contributed by atoms with van der Waals surface area (Å²) in [6.07, 6.45) is 1.98. The maximum Gasteiger partial charge on any atom is 0.261 e.